The third-order valence-corrected chi connectivity index (χ3v) is 8.81. The fourth-order valence-electron chi connectivity index (χ4n) is 5.82. The van der Waals surface area contributed by atoms with Crippen molar-refractivity contribution >= 4 is 22.7 Å². The van der Waals surface area contributed by atoms with E-state index in [0.717, 1.165) is 60.1 Å². The van der Waals surface area contributed by atoms with Gasteiger partial charge in [0.25, 0.3) is 0 Å². The lowest BCUT2D eigenvalue weighted by Crippen LogP contribution is -2.45. The number of aromatic nitrogens is 4. The van der Waals surface area contributed by atoms with E-state index in [1.807, 2.05) is 4.52 Å². The summed E-state index contributed by atoms with van der Waals surface area (Å²) in [6.45, 7) is 8.59. The number of nitrogens with zero attached hydrogens (tertiary/aromatic N) is 5. The molecule has 4 heterocycles. The van der Waals surface area contributed by atoms with Gasteiger partial charge in [0, 0.05) is 36.9 Å². The maximum Gasteiger partial charge on any atom is 0.184 e. The molecular formula is C27H31N5OS. The SMILES string of the molecule is COC1(c2nc3c(C)cc(N4CC[C@](C)(c5ccccc5)C4)cn3n2)CCC1c1csc(C)n1. The van der Waals surface area contributed by atoms with Crippen LogP contribution in [0.2, 0.25) is 0 Å². The van der Waals surface area contributed by atoms with E-state index in [0.29, 0.717) is 0 Å². The van der Waals surface area contributed by atoms with E-state index in [2.05, 4.69) is 73.6 Å². The molecule has 3 atom stereocenters. The average molecular weight is 474 g/mol. The van der Waals surface area contributed by atoms with E-state index in [1.165, 1.54) is 11.3 Å². The summed E-state index contributed by atoms with van der Waals surface area (Å²) in [5.41, 5.74) is 5.41. The Hall–Kier alpha value is -2.77. The number of methoxy groups -OCH3 is 1. The Morgan fingerprint density at radius 1 is 1.12 bits per heavy atom. The summed E-state index contributed by atoms with van der Waals surface area (Å²) in [5, 5.41) is 8.22. The Balaban J connectivity index is 1.33. The largest absolute Gasteiger partial charge is 0.369 e. The van der Waals surface area contributed by atoms with Crippen LogP contribution in [0.5, 0.6) is 0 Å². The van der Waals surface area contributed by atoms with Crippen molar-refractivity contribution in [2.75, 3.05) is 25.1 Å². The van der Waals surface area contributed by atoms with Crippen LogP contribution in [0.4, 0.5) is 5.69 Å². The number of fused-ring (bicyclic) bond motifs is 1. The third kappa shape index (κ3) is 3.28. The van der Waals surface area contributed by atoms with E-state index >= 15 is 0 Å². The van der Waals surface area contributed by atoms with Gasteiger partial charge in [0.2, 0.25) is 0 Å². The molecule has 34 heavy (non-hydrogen) atoms. The molecule has 0 N–H and O–H groups in total. The second-order valence-electron chi connectivity index (χ2n) is 10.2. The third-order valence-electron chi connectivity index (χ3n) is 8.02. The molecule has 6 nitrogen and oxygen atoms in total. The highest BCUT2D eigenvalue weighted by atomic mass is 32.1. The molecule has 2 aliphatic rings. The molecule has 4 aromatic rings. The standard InChI is InChI=1S/C27H31N5OS/c1-18-14-21(31-13-12-26(3,17-31)20-8-6-5-7-9-20)15-32-24(18)29-25(30-32)27(33-4)11-10-22(27)23-16-34-19(2)28-23/h5-9,14-16,22H,10-13,17H2,1-4H3/t22?,26-,27?/m0/s1. The minimum atomic E-state index is -0.501. The normalized spacial score (nSPS) is 26.8. The van der Waals surface area contributed by atoms with Crippen molar-refractivity contribution in [2.45, 2.75) is 57.0 Å². The van der Waals surface area contributed by atoms with Crippen molar-refractivity contribution in [2.24, 2.45) is 0 Å². The van der Waals surface area contributed by atoms with Crippen LogP contribution in [-0.4, -0.2) is 39.8 Å². The van der Waals surface area contributed by atoms with Crippen LogP contribution in [0.25, 0.3) is 5.65 Å². The zero-order valence-corrected chi connectivity index (χ0v) is 21.1. The lowest BCUT2D eigenvalue weighted by molar-refractivity contribution is -0.107. The Morgan fingerprint density at radius 2 is 1.94 bits per heavy atom. The molecule has 7 heteroatoms. The molecule has 1 aromatic carbocycles. The summed E-state index contributed by atoms with van der Waals surface area (Å²) < 4.78 is 8.09. The van der Waals surface area contributed by atoms with E-state index in [9.17, 15) is 0 Å². The first-order chi connectivity index (χ1) is 16.4. The molecule has 1 aliphatic heterocycles. The van der Waals surface area contributed by atoms with Crippen molar-refractivity contribution in [1.29, 1.82) is 0 Å². The summed E-state index contributed by atoms with van der Waals surface area (Å²) in [7, 11) is 1.78. The van der Waals surface area contributed by atoms with Crippen LogP contribution in [0.3, 0.4) is 0 Å². The first kappa shape index (κ1) is 21.7. The fraction of sp³-hybridized carbons (Fsp3) is 0.444. The van der Waals surface area contributed by atoms with Crippen LogP contribution >= 0.6 is 11.3 Å². The van der Waals surface area contributed by atoms with Crippen molar-refractivity contribution in [3.63, 3.8) is 0 Å². The second kappa shape index (κ2) is 7.89. The van der Waals surface area contributed by atoms with Gasteiger partial charge >= 0.3 is 0 Å². The molecule has 1 saturated heterocycles. The van der Waals surface area contributed by atoms with Crippen molar-refractivity contribution in [3.8, 4) is 0 Å². The number of benzene rings is 1. The molecule has 0 spiro atoms. The predicted molar refractivity (Wildman–Crippen MR) is 136 cm³/mol. The zero-order chi connectivity index (χ0) is 23.5. The highest BCUT2D eigenvalue weighted by Gasteiger charge is 2.53. The maximum absolute atomic E-state index is 6.13. The fourth-order valence-corrected chi connectivity index (χ4v) is 6.49. The van der Waals surface area contributed by atoms with Gasteiger partial charge in [-0.05, 0) is 50.3 Å². The highest BCUT2D eigenvalue weighted by molar-refractivity contribution is 7.09. The summed E-state index contributed by atoms with van der Waals surface area (Å²) >= 11 is 1.69. The van der Waals surface area contributed by atoms with Gasteiger partial charge in [0.1, 0.15) is 5.60 Å². The van der Waals surface area contributed by atoms with Gasteiger partial charge in [-0.25, -0.2) is 14.5 Å². The summed E-state index contributed by atoms with van der Waals surface area (Å²) in [4.78, 5) is 12.2. The Bertz CT molecular complexity index is 1340. The number of rotatable bonds is 5. The van der Waals surface area contributed by atoms with Gasteiger partial charge < -0.3 is 9.64 Å². The Labute approximate surface area is 204 Å². The van der Waals surface area contributed by atoms with Crippen LogP contribution in [0, 0.1) is 13.8 Å². The van der Waals surface area contributed by atoms with Gasteiger partial charge in [-0.3, -0.25) is 0 Å². The van der Waals surface area contributed by atoms with E-state index in [4.69, 9.17) is 19.8 Å². The van der Waals surface area contributed by atoms with E-state index in [-0.39, 0.29) is 11.3 Å². The summed E-state index contributed by atoms with van der Waals surface area (Å²) in [5.74, 6) is 0.970. The quantitative estimate of drug-likeness (QED) is 0.389. The molecule has 3 aromatic heterocycles. The molecule has 1 aliphatic carbocycles. The molecular weight excluding hydrogens is 442 g/mol. The monoisotopic (exact) mass is 473 g/mol. The van der Waals surface area contributed by atoms with Crippen molar-refractivity contribution in [3.05, 3.63) is 75.6 Å². The minimum Gasteiger partial charge on any atom is -0.369 e. The topological polar surface area (TPSA) is 55.5 Å². The summed E-state index contributed by atoms with van der Waals surface area (Å²) in [6, 6.07) is 13.1. The number of anilines is 1. The van der Waals surface area contributed by atoms with Crippen molar-refractivity contribution in [1.82, 2.24) is 19.6 Å². The predicted octanol–water partition coefficient (Wildman–Crippen LogP) is 5.39. The molecule has 0 radical (unpaired) electrons. The van der Waals surface area contributed by atoms with Gasteiger partial charge in [-0.1, -0.05) is 37.3 Å². The molecule has 1 saturated carbocycles. The molecule has 6 rings (SSSR count). The number of pyridine rings is 1. The first-order valence-corrected chi connectivity index (χ1v) is 12.9. The van der Waals surface area contributed by atoms with Crippen LogP contribution < -0.4 is 4.90 Å². The Kier molecular flexibility index (Phi) is 5.04. The lowest BCUT2D eigenvalue weighted by Gasteiger charge is -2.45. The van der Waals surface area contributed by atoms with Crippen LogP contribution in [0.15, 0.2) is 48.0 Å². The first-order valence-electron chi connectivity index (χ1n) is 12.1. The minimum absolute atomic E-state index is 0.155. The van der Waals surface area contributed by atoms with Gasteiger partial charge in [-0.2, -0.15) is 0 Å². The van der Waals surface area contributed by atoms with Crippen LogP contribution in [-0.2, 0) is 15.8 Å². The van der Waals surface area contributed by atoms with E-state index in [1.54, 1.807) is 18.4 Å². The number of ether oxygens (including phenoxy) is 1. The van der Waals surface area contributed by atoms with Gasteiger partial charge in [0.15, 0.2) is 11.5 Å². The Morgan fingerprint density at radius 3 is 2.62 bits per heavy atom. The van der Waals surface area contributed by atoms with Gasteiger partial charge in [0.05, 0.1) is 22.6 Å². The molecule has 0 amide bonds. The average Bonchev–Trinajstić information content (AvgIpc) is 3.54. The molecule has 2 unspecified atom stereocenters. The highest BCUT2D eigenvalue weighted by Crippen LogP contribution is 2.54. The van der Waals surface area contributed by atoms with E-state index < -0.39 is 5.60 Å². The number of hydrogen-bond donors (Lipinski definition) is 0. The molecule has 2 fully saturated rings. The lowest BCUT2D eigenvalue weighted by atomic mass is 9.67. The van der Waals surface area contributed by atoms with Gasteiger partial charge in [-0.15, -0.1) is 16.4 Å². The smallest absolute Gasteiger partial charge is 0.184 e. The number of hydrogen-bond acceptors (Lipinski definition) is 6. The molecule has 0 bridgehead atoms. The number of thiazole rings is 1. The van der Waals surface area contributed by atoms with Crippen LogP contribution in [0.1, 0.15) is 59.8 Å². The number of aryl methyl sites for hydroxylation is 2. The summed E-state index contributed by atoms with van der Waals surface area (Å²) in [6.07, 6.45) is 5.23. The second-order valence-corrected chi connectivity index (χ2v) is 11.2. The molecule has 176 valence electrons. The zero-order valence-electron chi connectivity index (χ0n) is 20.3. The van der Waals surface area contributed by atoms with Crippen molar-refractivity contribution < 1.29 is 4.74 Å². The maximum atomic E-state index is 6.13.